The summed E-state index contributed by atoms with van der Waals surface area (Å²) in [6.45, 7) is 4.93. The summed E-state index contributed by atoms with van der Waals surface area (Å²) in [5.41, 5.74) is 0.925. The molecule has 0 amide bonds. The number of benzene rings is 1. The van der Waals surface area contributed by atoms with Crippen LogP contribution in [0.4, 0.5) is 0 Å². The quantitative estimate of drug-likeness (QED) is 0.714. The number of carbonyl (C=O) groups is 1. The van der Waals surface area contributed by atoms with Gasteiger partial charge in [-0.1, -0.05) is 36.9 Å². The third-order valence-electron chi connectivity index (χ3n) is 1.90. The highest BCUT2D eigenvalue weighted by Gasteiger charge is 2.13. The smallest absolute Gasteiger partial charge is 0.158 e. The van der Waals surface area contributed by atoms with Crippen LogP contribution in [0.2, 0.25) is 0 Å². The minimum absolute atomic E-state index is 0.184. The van der Waals surface area contributed by atoms with Crippen molar-refractivity contribution in [1.82, 2.24) is 0 Å². The molecule has 1 aromatic carbocycles. The van der Waals surface area contributed by atoms with Crippen molar-refractivity contribution in [1.29, 1.82) is 0 Å². The molecule has 0 saturated heterocycles. The summed E-state index contributed by atoms with van der Waals surface area (Å²) in [6, 6.07) is 9.00. The fourth-order valence-electron chi connectivity index (χ4n) is 1.03. The van der Waals surface area contributed by atoms with Gasteiger partial charge < -0.3 is 5.11 Å². The van der Waals surface area contributed by atoms with Crippen molar-refractivity contribution in [3.05, 3.63) is 48.0 Å². The van der Waals surface area contributed by atoms with Crippen LogP contribution >= 0.6 is 0 Å². The van der Waals surface area contributed by atoms with Gasteiger partial charge in [-0.25, -0.2) is 0 Å². The van der Waals surface area contributed by atoms with Crippen molar-refractivity contribution in [2.45, 2.75) is 13.0 Å². The maximum absolute atomic E-state index is 10.9. The number of hydrogen-bond donors (Lipinski definition) is 1. The third kappa shape index (κ3) is 2.26. The van der Waals surface area contributed by atoms with E-state index in [0.29, 0.717) is 5.56 Å². The van der Waals surface area contributed by atoms with E-state index in [9.17, 15) is 9.90 Å². The minimum Gasteiger partial charge on any atom is -0.384 e. The Morgan fingerprint density at radius 3 is 2.38 bits per heavy atom. The maximum atomic E-state index is 10.9. The van der Waals surface area contributed by atoms with E-state index in [1.54, 1.807) is 12.1 Å². The van der Waals surface area contributed by atoms with Crippen LogP contribution in [-0.2, 0) is 4.79 Å². The molecule has 1 atom stereocenters. The van der Waals surface area contributed by atoms with Crippen molar-refractivity contribution in [3.63, 3.8) is 0 Å². The SMILES string of the molecule is C=C(C(C)=O)[C@H](O)c1ccccc1. The first kappa shape index (κ1) is 9.68. The largest absolute Gasteiger partial charge is 0.384 e. The lowest BCUT2D eigenvalue weighted by atomic mass is 10.0. The average molecular weight is 176 g/mol. The van der Waals surface area contributed by atoms with Crippen LogP contribution in [0, 0.1) is 0 Å². The summed E-state index contributed by atoms with van der Waals surface area (Å²) in [5.74, 6) is -0.184. The third-order valence-corrected chi connectivity index (χ3v) is 1.90. The van der Waals surface area contributed by atoms with Crippen molar-refractivity contribution in [3.8, 4) is 0 Å². The van der Waals surface area contributed by atoms with Crippen molar-refractivity contribution >= 4 is 5.78 Å². The predicted octanol–water partition coefficient (Wildman–Crippen LogP) is 1.87. The van der Waals surface area contributed by atoms with E-state index in [1.165, 1.54) is 6.92 Å². The Balaban J connectivity index is 2.86. The molecule has 0 radical (unpaired) electrons. The van der Waals surface area contributed by atoms with Gasteiger partial charge in [0.1, 0.15) is 6.10 Å². The molecule has 1 rings (SSSR count). The van der Waals surface area contributed by atoms with Gasteiger partial charge in [0.15, 0.2) is 5.78 Å². The summed E-state index contributed by atoms with van der Waals surface area (Å²) in [7, 11) is 0. The van der Waals surface area contributed by atoms with E-state index in [0.717, 1.165) is 0 Å². The highest BCUT2D eigenvalue weighted by molar-refractivity contribution is 5.93. The van der Waals surface area contributed by atoms with E-state index >= 15 is 0 Å². The summed E-state index contributed by atoms with van der Waals surface area (Å²) in [5, 5.41) is 9.64. The summed E-state index contributed by atoms with van der Waals surface area (Å²) in [6.07, 6.45) is -0.876. The Morgan fingerprint density at radius 2 is 1.92 bits per heavy atom. The molecule has 1 aromatic rings. The van der Waals surface area contributed by atoms with Crippen molar-refractivity contribution < 1.29 is 9.90 Å². The Labute approximate surface area is 77.5 Å². The van der Waals surface area contributed by atoms with Crippen LogP contribution in [0.3, 0.4) is 0 Å². The molecule has 0 fully saturated rings. The fraction of sp³-hybridized carbons (Fsp3) is 0.182. The Morgan fingerprint density at radius 1 is 1.38 bits per heavy atom. The number of hydrogen-bond acceptors (Lipinski definition) is 2. The van der Waals surface area contributed by atoms with Crippen LogP contribution in [0.1, 0.15) is 18.6 Å². The van der Waals surface area contributed by atoms with Gasteiger partial charge in [-0.3, -0.25) is 4.79 Å². The van der Waals surface area contributed by atoms with Crippen LogP contribution in [0.15, 0.2) is 42.5 Å². The number of Topliss-reactive ketones (excluding diaryl/α,β-unsaturated/α-hetero) is 1. The second-order valence-corrected chi connectivity index (χ2v) is 2.89. The molecule has 0 aromatic heterocycles. The molecular weight excluding hydrogens is 164 g/mol. The molecule has 13 heavy (non-hydrogen) atoms. The number of carbonyl (C=O) groups excluding carboxylic acids is 1. The van der Waals surface area contributed by atoms with E-state index in [1.807, 2.05) is 18.2 Å². The first-order valence-corrected chi connectivity index (χ1v) is 4.05. The van der Waals surface area contributed by atoms with E-state index < -0.39 is 6.10 Å². The molecule has 0 saturated carbocycles. The van der Waals surface area contributed by atoms with E-state index in [4.69, 9.17) is 0 Å². The molecule has 0 aliphatic rings. The Hall–Kier alpha value is -1.41. The molecule has 1 N–H and O–H groups in total. The summed E-state index contributed by atoms with van der Waals surface area (Å²) >= 11 is 0. The number of ketones is 1. The first-order chi connectivity index (χ1) is 6.13. The number of aliphatic hydroxyl groups excluding tert-OH is 1. The predicted molar refractivity (Wildman–Crippen MR) is 51.2 cm³/mol. The number of aliphatic hydroxyl groups is 1. The molecular formula is C11H12O2. The van der Waals surface area contributed by atoms with Crippen molar-refractivity contribution in [2.75, 3.05) is 0 Å². The van der Waals surface area contributed by atoms with Gasteiger partial charge in [0.25, 0.3) is 0 Å². The summed E-state index contributed by atoms with van der Waals surface area (Å²) in [4.78, 5) is 10.9. The number of rotatable bonds is 3. The van der Waals surface area contributed by atoms with Gasteiger partial charge in [-0.05, 0) is 12.5 Å². The zero-order valence-electron chi connectivity index (χ0n) is 7.53. The molecule has 0 spiro atoms. The Kier molecular flexibility index (Phi) is 2.98. The molecule has 0 heterocycles. The average Bonchev–Trinajstić information content (AvgIpc) is 2.17. The van der Waals surface area contributed by atoms with Gasteiger partial charge in [-0.15, -0.1) is 0 Å². The monoisotopic (exact) mass is 176 g/mol. The molecule has 68 valence electrons. The van der Waals surface area contributed by atoms with E-state index in [2.05, 4.69) is 6.58 Å². The van der Waals surface area contributed by atoms with Crippen LogP contribution in [0.25, 0.3) is 0 Å². The molecule has 2 nitrogen and oxygen atoms in total. The molecule has 2 heteroatoms. The highest BCUT2D eigenvalue weighted by atomic mass is 16.3. The fourth-order valence-corrected chi connectivity index (χ4v) is 1.03. The lowest BCUT2D eigenvalue weighted by Crippen LogP contribution is -2.06. The first-order valence-electron chi connectivity index (χ1n) is 4.05. The second kappa shape index (κ2) is 4.01. The molecule has 0 aliphatic heterocycles. The zero-order valence-corrected chi connectivity index (χ0v) is 7.53. The molecule has 0 unspecified atom stereocenters. The second-order valence-electron chi connectivity index (χ2n) is 2.89. The lowest BCUT2D eigenvalue weighted by Gasteiger charge is -2.10. The van der Waals surface area contributed by atoms with Gasteiger partial charge in [0.05, 0.1) is 0 Å². The minimum atomic E-state index is -0.876. The zero-order chi connectivity index (χ0) is 9.84. The van der Waals surface area contributed by atoms with Gasteiger partial charge >= 0.3 is 0 Å². The van der Waals surface area contributed by atoms with Gasteiger partial charge in [0, 0.05) is 5.57 Å². The molecule has 0 aliphatic carbocycles. The van der Waals surface area contributed by atoms with Crippen molar-refractivity contribution in [2.24, 2.45) is 0 Å². The Bertz CT molecular complexity index is 314. The topological polar surface area (TPSA) is 37.3 Å². The van der Waals surface area contributed by atoms with Crippen LogP contribution in [-0.4, -0.2) is 10.9 Å². The standard InChI is InChI=1S/C11H12O2/c1-8(9(2)12)11(13)10-6-4-3-5-7-10/h3-7,11,13H,1H2,2H3/t11-/m0/s1. The normalized spacial score (nSPS) is 12.2. The maximum Gasteiger partial charge on any atom is 0.158 e. The molecule has 0 bridgehead atoms. The lowest BCUT2D eigenvalue weighted by molar-refractivity contribution is -0.114. The highest BCUT2D eigenvalue weighted by Crippen LogP contribution is 2.19. The van der Waals surface area contributed by atoms with Crippen LogP contribution in [0.5, 0.6) is 0 Å². The van der Waals surface area contributed by atoms with Gasteiger partial charge in [0.2, 0.25) is 0 Å². The van der Waals surface area contributed by atoms with Gasteiger partial charge in [-0.2, -0.15) is 0 Å². The van der Waals surface area contributed by atoms with Crippen LogP contribution < -0.4 is 0 Å². The summed E-state index contributed by atoms with van der Waals surface area (Å²) < 4.78 is 0. The van der Waals surface area contributed by atoms with E-state index in [-0.39, 0.29) is 11.4 Å².